The van der Waals surface area contributed by atoms with Gasteiger partial charge in [-0.05, 0) is 12.1 Å². The van der Waals surface area contributed by atoms with E-state index in [4.69, 9.17) is 0 Å². The lowest BCUT2D eigenvalue weighted by molar-refractivity contribution is -0.387. The minimum absolute atomic E-state index is 0.158. The monoisotopic (exact) mass is 326 g/mol. The Labute approximate surface area is 119 Å². The summed E-state index contributed by atoms with van der Waals surface area (Å²) in [6, 6.07) is 3.18. The van der Waals surface area contributed by atoms with Crippen molar-refractivity contribution in [2.45, 2.75) is 17.5 Å². The minimum Gasteiger partial charge on any atom is -0.374 e. The lowest BCUT2D eigenvalue weighted by atomic mass is 10.2. The van der Waals surface area contributed by atoms with Gasteiger partial charge in [-0.15, -0.1) is 0 Å². The number of benzene rings is 1. The maximum atomic E-state index is 12.2. The molecule has 0 N–H and O–H groups in total. The Morgan fingerprint density at radius 3 is 2.33 bits per heavy atom. The highest BCUT2D eigenvalue weighted by Gasteiger charge is 2.28. The molecule has 10 heteroatoms. The van der Waals surface area contributed by atoms with E-state index in [-0.39, 0.29) is 12.2 Å². The summed E-state index contributed by atoms with van der Waals surface area (Å²) < 4.78 is 59.6. The number of nitro groups is 1. The molecule has 0 atom stereocenters. The summed E-state index contributed by atoms with van der Waals surface area (Å²) in [7, 11) is -2.52. The molecule has 0 amide bonds. The van der Waals surface area contributed by atoms with Gasteiger partial charge in [0.1, 0.15) is 4.90 Å². The van der Waals surface area contributed by atoms with Gasteiger partial charge in [-0.3, -0.25) is 10.1 Å². The highest BCUT2D eigenvalue weighted by atomic mass is 32.2. The van der Waals surface area contributed by atoms with E-state index in [0.717, 1.165) is 18.4 Å². The highest BCUT2D eigenvalue weighted by molar-refractivity contribution is 7.90. The van der Waals surface area contributed by atoms with Crippen LogP contribution in [0.5, 0.6) is 0 Å². The van der Waals surface area contributed by atoms with Crippen molar-refractivity contribution in [1.82, 2.24) is 0 Å². The molecule has 1 rings (SSSR count). The summed E-state index contributed by atoms with van der Waals surface area (Å²) >= 11 is 0. The largest absolute Gasteiger partial charge is 0.390 e. The Morgan fingerprint density at radius 2 is 1.90 bits per heavy atom. The third-order valence-corrected chi connectivity index (χ3v) is 3.84. The number of halogens is 3. The number of hydrogen-bond acceptors (Lipinski definition) is 5. The van der Waals surface area contributed by atoms with E-state index in [9.17, 15) is 31.7 Å². The van der Waals surface area contributed by atoms with E-state index in [1.54, 1.807) is 0 Å². The van der Waals surface area contributed by atoms with Crippen LogP contribution in [0.25, 0.3) is 0 Å². The molecule has 0 saturated carbocycles. The molecule has 6 nitrogen and oxygen atoms in total. The third-order valence-electron chi connectivity index (χ3n) is 2.71. The molecular weight excluding hydrogens is 313 g/mol. The van der Waals surface area contributed by atoms with E-state index in [1.165, 1.54) is 18.0 Å². The first-order valence-electron chi connectivity index (χ1n) is 5.68. The molecule has 0 radical (unpaired) electrons. The second kappa shape index (κ2) is 5.88. The Morgan fingerprint density at radius 1 is 1.33 bits per heavy atom. The Hall–Kier alpha value is -1.84. The van der Waals surface area contributed by atoms with Gasteiger partial charge in [0.2, 0.25) is 0 Å². The fraction of sp³-hybridized carbons (Fsp3) is 0.455. The van der Waals surface area contributed by atoms with Crippen molar-refractivity contribution in [3.8, 4) is 0 Å². The van der Waals surface area contributed by atoms with Crippen LogP contribution in [0.15, 0.2) is 23.1 Å². The van der Waals surface area contributed by atoms with Gasteiger partial charge in [0, 0.05) is 31.6 Å². The molecule has 21 heavy (non-hydrogen) atoms. The predicted molar refractivity (Wildman–Crippen MR) is 70.1 cm³/mol. The molecular formula is C11H13F3N2O4S. The highest BCUT2D eigenvalue weighted by Crippen LogP contribution is 2.29. The van der Waals surface area contributed by atoms with Crippen molar-refractivity contribution < 1.29 is 26.5 Å². The van der Waals surface area contributed by atoms with Crippen LogP contribution in [0, 0.1) is 10.1 Å². The number of sulfone groups is 1. The summed E-state index contributed by atoms with van der Waals surface area (Å²) in [5.74, 6) is 0. The molecule has 1 aromatic carbocycles. The maximum Gasteiger partial charge on any atom is 0.390 e. The van der Waals surface area contributed by atoms with Gasteiger partial charge in [0.15, 0.2) is 9.84 Å². The van der Waals surface area contributed by atoms with Crippen LogP contribution < -0.4 is 4.90 Å². The van der Waals surface area contributed by atoms with Gasteiger partial charge in [0.25, 0.3) is 5.69 Å². The standard InChI is InChI=1S/C11H13F3N2O4S/c1-15(6-5-11(12,13)14)8-3-4-9(16(17)18)10(7-8)21(2,19)20/h3-4,7H,5-6H2,1-2H3. The molecule has 0 aliphatic rings. The van der Waals surface area contributed by atoms with Crippen LogP contribution in [0.3, 0.4) is 0 Å². The van der Waals surface area contributed by atoms with Crippen LogP contribution in [0.2, 0.25) is 0 Å². The molecule has 0 heterocycles. The van der Waals surface area contributed by atoms with Crippen LogP contribution in [0.4, 0.5) is 24.5 Å². The zero-order chi connectivity index (χ0) is 16.4. The number of alkyl halides is 3. The van der Waals surface area contributed by atoms with Gasteiger partial charge in [0.05, 0.1) is 11.3 Å². The van der Waals surface area contributed by atoms with Gasteiger partial charge in [-0.2, -0.15) is 13.2 Å². The Bertz CT molecular complexity index is 643. The molecule has 0 fully saturated rings. The maximum absolute atomic E-state index is 12.2. The molecule has 0 unspecified atom stereocenters. The van der Waals surface area contributed by atoms with Crippen molar-refractivity contribution in [2.75, 3.05) is 24.7 Å². The lowest BCUT2D eigenvalue weighted by Crippen LogP contribution is -2.24. The number of rotatable bonds is 5. The number of nitro benzene ring substituents is 1. The zero-order valence-electron chi connectivity index (χ0n) is 11.2. The molecule has 0 saturated heterocycles. The predicted octanol–water partition coefficient (Wildman–Crippen LogP) is 2.39. The SMILES string of the molecule is CN(CCC(F)(F)F)c1ccc([N+](=O)[O-])c(S(C)(=O)=O)c1. The van der Waals surface area contributed by atoms with Gasteiger partial charge < -0.3 is 4.90 Å². The quantitative estimate of drug-likeness (QED) is 0.613. The molecule has 0 aromatic heterocycles. The van der Waals surface area contributed by atoms with Gasteiger partial charge in [-0.1, -0.05) is 0 Å². The Balaban J connectivity index is 3.14. The van der Waals surface area contributed by atoms with Crippen LogP contribution >= 0.6 is 0 Å². The zero-order valence-corrected chi connectivity index (χ0v) is 12.0. The second-order valence-electron chi connectivity index (χ2n) is 4.47. The van der Waals surface area contributed by atoms with Crippen molar-refractivity contribution >= 4 is 21.2 Å². The topological polar surface area (TPSA) is 80.5 Å². The van der Waals surface area contributed by atoms with E-state index >= 15 is 0 Å². The lowest BCUT2D eigenvalue weighted by Gasteiger charge is -2.20. The fourth-order valence-electron chi connectivity index (χ4n) is 1.61. The van der Waals surface area contributed by atoms with Crippen LogP contribution in [-0.2, 0) is 9.84 Å². The number of hydrogen-bond donors (Lipinski definition) is 0. The Kier molecular flexibility index (Phi) is 4.82. The van der Waals surface area contributed by atoms with E-state index in [0.29, 0.717) is 0 Å². The van der Waals surface area contributed by atoms with Crippen LogP contribution in [-0.4, -0.2) is 39.4 Å². The van der Waals surface area contributed by atoms with Crippen LogP contribution in [0.1, 0.15) is 6.42 Å². The normalized spacial score (nSPS) is 12.2. The minimum atomic E-state index is -4.34. The summed E-state index contributed by atoms with van der Waals surface area (Å²) in [4.78, 5) is 10.6. The molecule has 0 aliphatic carbocycles. The van der Waals surface area contributed by atoms with Gasteiger partial charge in [-0.25, -0.2) is 8.42 Å². The van der Waals surface area contributed by atoms with E-state index in [1.807, 2.05) is 0 Å². The summed E-state index contributed by atoms with van der Waals surface area (Å²) in [5.41, 5.74) is -0.448. The molecule has 0 spiro atoms. The average Bonchev–Trinajstić information content (AvgIpc) is 2.33. The summed E-state index contributed by atoms with van der Waals surface area (Å²) in [5, 5.41) is 10.8. The molecule has 0 bridgehead atoms. The fourth-order valence-corrected chi connectivity index (χ4v) is 2.47. The number of nitrogens with zero attached hydrogens (tertiary/aromatic N) is 2. The van der Waals surface area contributed by atoms with E-state index in [2.05, 4.69) is 0 Å². The smallest absolute Gasteiger partial charge is 0.374 e. The third kappa shape index (κ3) is 4.88. The average molecular weight is 326 g/mol. The second-order valence-corrected chi connectivity index (χ2v) is 6.45. The summed E-state index contributed by atoms with van der Waals surface area (Å²) in [6.07, 6.45) is -4.61. The van der Waals surface area contributed by atoms with Crippen molar-refractivity contribution in [1.29, 1.82) is 0 Å². The molecule has 118 valence electrons. The van der Waals surface area contributed by atoms with Crippen molar-refractivity contribution in [3.63, 3.8) is 0 Å². The first-order chi connectivity index (χ1) is 9.42. The number of anilines is 1. The summed E-state index contributed by atoms with van der Waals surface area (Å²) in [6.45, 7) is -0.384. The van der Waals surface area contributed by atoms with Gasteiger partial charge >= 0.3 is 6.18 Å². The van der Waals surface area contributed by atoms with Crippen molar-refractivity contribution in [2.24, 2.45) is 0 Å². The van der Waals surface area contributed by atoms with Crippen molar-refractivity contribution in [3.05, 3.63) is 28.3 Å². The molecule has 0 aliphatic heterocycles. The first kappa shape index (κ1) is 17.2. The van der Waals surface area contributed by atoms with E-state index < -0.39 is 37.9 Å². The first-order valence-corrected chi connectivity index (χ1v) is 7.57. The molecule has 1 aromatic rings.